The van der Waals surface area contributed by atoms with E-state index in [0.717, 1.165) is 28.1 Å². The molecule has 0 aliphatic carbocycles. The average molecular weight is 445 g/mol. The van der Waals surface area contributed by atoms with Gasteiger partial charge in [-0.05, 0) is 64.9 Å². The number of thioether (sulfide) groups is 1. The lowest BCUT2D eigenvalue weighted by molar-refractivity contribution is -0.113. The van der Waals surface area contributed by atoms with Crippen molar-refractivity contribution >= 4 is 34.6 Å². The van der Waals surface area contributed by atoms with Crippen molar-refractivity contribution in [2.75, 3.05) is 19.1 Å². The van der Waals surface area contributed by atoms with E-state index in [-0.39, 0.29) is 5.91 Å². The first-order chi connectivity index (χ1) is 15.7. The SMILES string of the molecule is COCc1cccc(/C=C2\S/C(=N\Cc3ccc(OC)cc3)N(c3ccccc3)C2=O)c1. The normalized spacial score (nSPS) is 16.2. The molecule has 0 unspecified atom stereocenters. The van der Waals surface area contributed by atoms with E-state index < -0.39 is 0 Å². The van der Waals surface area contributed by atoms with E-state index in [9.17, 15) is 4.79 Å². The molecule has 1 saturated heterocycles. The molecule has 162 valence electrons. The summed E-state index contributed by atoms with van der Waals surface area (Å²) in [4.78, 5) is 20.4. The summed E-state index contributed by atoms with van der Waals surface area (Å²) in [6.45, 7) is 1.00. The lowest BCUT2D eigenvalue weighted by Crippen LogP contribution is -2.28. The Labute approximate surface area is 192 Å². The molecule has 1 aliphatic rings. The number of benzene rings is 3. The lowest BCUT2D eigenvalue weighted by atomic mass is 10.1. The van der Waals surface area contributed by atoms with Gasteiger partial charge in [0.1, 0.15) is 5.75 Å². The maximum atomic E-state index is 13.3. The minimum atomic E-state index is -0.0770. The Morgan fingerprint density at radius 3 is 2.44 bits per heavy atom. The average Bonchev–Trinajstić information content (AvgIpc) is 3.14. The van der Waals surface area contributed by atoms with E-state index in [2.05, 4.69) is 0 Å². The van der Waals surface area contributed by atoms with Crippen LogP contribution in [-0.2, 0) is 22.7 Å². The Hall–Kier alpha value is -3.35. The highest BCUT2D eigenvalue weighted by atomic mass is 32.2. The van der Waals surface area contributed by atoms with Gasteiger partial charge in [0.15, 0.2) is 5.17 Å². The Morgan fingerprint density at radius 1 is 0.938 bits per heavy atom. The monoisotopic (exact) mass is 444 g/mol. The van der Waals surface area contributed by atoms with Crippen LogP contribution in [0.1, 0.15) is 16.7 Å². The van der Waals surface area contributed by atoms with Crippen LogP contribution in [0, 0.1) is 0 Å². The van der Waals surface area contributed by atoms with Crippen molar-refractivity contribution < 1.29 is 14.3 Å². The summed E-state index contributed by atoms with van der Waals surface area (Å²) < 4.78 is 10.4. The van der Waals surface area contributed by atoms with Gasteiger partial charge in [0.2, 0.25) is 0 Å². The highest BCUT2D eigenvalue weighted by molar-refractivity contribution is 8.19. The molecule has 1 aliphatic heterocycles. The van der Waals surface area contributed by atoms with Crippen LogP contribution >= 0.6 is 11.8 Å². The van der Waals surface area contributed by atoms with Gasteiger partial charge in [-0.3, -0.25) is 14.7 Å². The highest BCUT2D eigenvalue weighted by Crippen LogP contribution is 2.36. The maximum Gasteiger partial charge on any atom is 0.271 e. The van der Waals surface area contributed by atoms with Crippen molar-refractivity contribution in [3.05, 3.63) is 100 Å². The Morgan fingerprint density at radius 2 is 1.72 bits per heavy atom. The zero-order chi connectivity index (χ0) is 22.3. The first-order valence-corrected chi connectivity index (χ1v) is 11.0. The zero-order valence-corrected chi connectivity index (χ0v) is 18.8. The molecule has 0 N–H and O–H groups in total. The van der Waals surface area contributed by atoms with Crippen molar-refractivity contribution in [2.45, 2.75) is 13.2 Å². The molecular formula is C26H24N2O3S. The van der Waals surface area contributed by atoms with E-state index in [1.807, 2.05) is 84.9 Å². The third-order valence-corrected chi connectivity index (χ3v) is 5.94. The maximum absolute atomic E-state index is 13.3. The predicted octanol–water partition coefficient (Wildman–Crippen LogP) is 5.52. The molecule has 32 heavy (non-hydrogen) atoms. The Balaban J connectivity index is 1.64. The molecule has 0 bridgehead atoms. The van der Waals surface area contributed by atoms with Crippen molar-refractivity contribution in [1.82, 2.24) is 0 Å². The summed E-state index contributed by atoms with van der Waals surface area (Å²) in [7, 11) is 3.32. The number of methoxy groups -OCH3 is 2. The largest absolute Gasteiger partial charge is 0.497 e. The van der Waals surface area contributed by atoms with Gasteiger partial charge in [-0.1, -0.05) is 48.5 Å². The summed E-state index contributed by atoms with van der Waals surface area (Å²) in [5.74, 6) is 0.727. The van der Waals surface area contributed by atoms with Crippen LogP contribution in [0.25, 0.3) is 6.08 Å². The number of rotatable bonds is 7. The standard InChI is InChI=1S/C26H24N2O3S/c1-30-18-21-8-6-7-20(15-21)16-24-25(29)28(22-9-4-3-5-10-22)26(32-24)27-17-19-11-13-23(31-2)14-12-19/h3-16H,17-18H2,1-2H3/b24-16-,27-26-. The fourth-order valence-corrected chi connectivity index (χ4v) is 4.34. The van der Waals surface area contributed by atoms with Gasteiger partial charge in [0, 0.05) is 7.11 Å². The summed E-state index contributed by atoms with van der Waals surface area (Å²) >= 11 is 1.39. The molecule has 3 aromatic carbocycles. The molecular weight excluding hydrogens is 420 g/mol. The molecule has 0 aromatic heterocycles. The molecule has 3 aromatic rings. The molecule has 1 fully saturated rings. The molecule has 0 atom stereocenters. The van der Waals surface area contributed by atoms with Crippen LogP contribution < -0.4 is 9.64 Å². The van der Waals surface area contributed by atoms with Gasteiger partial charge in [0.25, 0.3) is 5.91 Å². The highest BCUT2D eigenvalue weighted by Gasteiger charge is 2.34. The number of carbonyl (C=O) groups is 1. The quantitative estimate of drug-likeness (QED) is 0.450. The number of ether oxygens (including phenoxy) is 2. The van der Waals surface area contributed by atoms with Gasteiger partial charge < -0.3 is 9.47 Å². The predicted molar refractivity (Wildman–Crippen MR) is 131 cm³/mol. The van der Waals surface area contributed by atoms with Crippen LogP contribution in [0.15, 0.2) is 88.8 Å². The number of amides is 1. The minimum absolute atomic E-state index is 0.0770. The van der Waals surface area contributed by atoms with Crippen LogP contribution in [0.3, 0.4) is 0 Å². The van der Waals surface area contributed by atoms with Crippen LogP contribution in [-0.4, -0.2) is 25.3 Å². The van der Waals surface area contributed by atoms with E-state index in [0.29, 0.717) is 23.2 Å². The van der Waals surface area contributed by atoms with Crippen molar-refractivity contribution in [1.29, 1.82) is 0 Å². The van der Waals surface area contributed by atoms with Gasteiger partial charge in [0.05, 0.1) is 30.9 Å². The second-order valence-corrected chi connectivity index (χ2v) is 8.22. The van der Waals surface area contributed by atoms with E-state index in [1.54, 1.807) is 19.1 Å². The number of para-hydroxylation sites is 1. The van der Waals surface area contributed by atoms with Gasteiger partial charge >= 0.3 is 0 Å². The Kier molecular flexibility index (Phi) is 7.04. The molecule has 1 heterocycles. The summed E-state index contributed by atoms with van der Waals surface area (Å²) in [6, 6.07) is 25.4. The van der Waals surface area contributed by atoms with Crippen molar-refractivity contribution in [3.63, 3.8) is 0 Å². The third kappa shape index (κ3) is 5.10. The third-order valence-electron chi connectivity index (χ3n) is 4.94. The second-order valence-electron chi connectivity index (χ2n) is 7.21. The number of anilines is 1. The van der Waals surface area contributed by atoms with E-state index in [4.69, 9.17) is 14.5 Å². The zero-order valence-electron chi connectivity index (χ0n) is 18.0. The fourth-order valence-electron chi connectivity index (χ4n) is 3.36. The second kappa shape index (κ2) is 10.3. The van der Waals surface area contributed by atoms with Gasteiger partial charge in [-0.2, -0.15) is 0 Å². The smallest absolute Gasteiger partial charge is 0.271 e. The van der Waals surface area contributed by atoms with Gasteiger partial charge in [-0.15, -0.1) is 0 Å². The lowest BCUT2D eigenvalue weighted by Gasteiger charge is -2.15. The summed E-state index contributed by atoms with van der Waals surface area (Å²) in [5.41, 5.74) is 3.87. The number of hydrogen-bond acceptors (Lipinski definition) is 5. The molecule has 1 amide bonds. The van der Waals surface area contributed by atoms with Crippen molar-refractivity contribution in [2.24, 2.45) is 4.99 Å². The number of nitrogens with zero attached hydrogens (tertiary/aromatic N) is 2. The van der Waals surface area contributed by atoms with Crippen LogP contribution in [0.4, 0.5) is 5.69 Å². The molecule has 6 heteroatoms. The summed E-state index contributed by atoms with van der Waals surface area (Å²) in [5, 5.41) is 0.663. The van der Waals surface area contributed by atoms with Crippen LogP contribution in [0.5, 0.6) is 5.75 Å². The topological polar surface area (TPSA) is 51.1 Å². The molecule has 0 saturated carbocycles. The molecule has 0 spiro atoms. The minimum Gasteiger partial charge on any atom is -0.497 e. The molecule has 0 radical (unpaired) electrons. The number of amidine groups is 1. The first kappa shape index (κ1) is 21.9. The number of hydrogen-bond donors (Lipinski definition) is 0. The van der Waals surface area contributed by atoms with Crippen LogP contribution in [0.2, 0.25) is 0 Å². The van der Waals surface area contributed by atoms with Gasteiger partial charge in [-0.25, -0.2) is 0 Å². The Bertz CT molecular complexity index is 1140. The number of aliphatic imine (C=N–C) groups is 1. The summed E-state index contributed by atoms with van der Waals surface area (Å²) in [6.07, 6.45) is 1.91. The first-order valence-electron chi connectivity index (χ1n) is 10.2. The van der Waals surface area contributed by atoms with E-state index in [1.165, 1.54) is 11.8 Å². The fraction of sp³-hybridized carbons (Fsp3) is 0.154. The number of carbonyl (C=O) groups excluding carboxylic acids is 1. The van der Waals surface area contributed by atoms with Crippen molar-refractivity contribution in [3.8, 4) is 5.75 Å². The molecule has 5 nitrogen and oxygen atoms in total. The van der Waals surface area contributed by atoms with E-state index >= 15 is 0 Å². The molecule has 4 rings (SSSR count).